The number of methoxy groups -OCH3 is 1. The van der Waals surface area contributed by atoms with E-state index in [1.54, 1.807) is 48.5 Å². The third kappa shape index (κ3) is 6.31. The van der Waals surface area contributed by atoms with Crippen LogP contribution in [0, 0.1) is 0 Å². The van der Waals surface area contributed by atoms with Gasteiger partial charge in [-0.05, 0) is 85.4 Å². The standard InChI is InChI=1S/C26H26F3N3O3S/c1-34-23-15-17(8-11-24(23)36-30)25(33)31-19-9-10-20(18(14-19)16-32-12-4-5-13-32)21-6-2-3-7-22(21)35-26(27,28)29/h2-3,6-11,14-15H,4-5,12-13,16,30H2,1H3,(H,31,33). The topological polar surface area (TPSA) is 76.8 Å². The Balaban J connectivity index is 1.67. The molecule has 0 unspecified atom stereocenters. The second kappa shape index (κ2) is 11.2. The summed E-state index contributed by atoms with van der Waals surface area (Å²) in [4.78, 5) is 15.9. The number of amides is 1. The van der Waals surface area contributed by atoms with Gasteiger partial charge in [0.25, 0.3) is 5.91 Å². The van der Waals surface area contributed by atoms with Crippen molar-refractivity contribution < 1.29 is 27.4 Å². The van der Waals surface area contributed by atoms with Gasteiger partial charge in [0.05, 0.1) is 12.0 Å². The Morgan fingerprint density at radius 3 is 2.47 bits per heavy atom. The SMILES string of the molecule is COc1cc(C(=O)Nc2ccc(-c3ccccc3OC(F)(F)F)c(CN3CCCC3)c2)ccc1SN. The molecule has 0 aliphatic carbocycles. The van der Waals surface area contributed by atoms with Crippen LogP contribution in [0.1, 0.15) is 28.8 Å². The van der Waals surface area contributed by atoms with Gasteiger partial charge in [-0.25, -0.2) is 0 Å². The zero-order valence-electron chi connectivity index (χ0n) is 19.6. The lowest BCUT2D eigenvalue weighted by Gasteiger charge is -2.21. The fourth-order valence-corrected chi connectivity index (χ4v) is 4.66. The zero-order chi connectivity index (χ0) is 25.7. The summed E-state index contributed by atoms with van der Waals surface area (Å²) in [7, 11) is 1.50. The third-order valence-corrected chi connectivity index (χ3v) is 6.50. The molecule has 1 amide bonds. The van der Waals surface area contributed by atoms with Gasteiger partial charge >= 0.3 is 6.36 Å². The smallest absolute Gasteiger partial charge is 0.496 e. The highest BCUT2D eigenvalue weighted by atomic mass is 32.2. The van der Waals surface area contributed by atoms with Gasteiger partial charge in [-0.1, -0.05) is 24.3 Å². The molecule has 1 fully saturated rings. The largest absolute Gasteiger partial charge is 0.573 e. The molecular weight excluding hydrogens is 491 g/mol. The fourth-order valence-electron chi connectivity index (χ4n) is 4.26. The van der Waals surface area contributed by atoms with E-state index in [2.05, 4.69) is 15.0 Å². The number of likely N-dealkylation sites (tertiary alicyclic amines) is 1. The number of hydrogen-bond acceptors (Lipinski definition) is 6. The van der Waals surface area contributed by atoms with Crippen molar-refractivity contribution in [2.24, 2.45) is 5.14 Å². The van der Waals surface area contributed by atoms with Gasteiger partial charge < -0.3 is 14.8 Å². The zero-order valence-corrected chi connectivity index (χ0v) is 20.4. The molecule has 0 radical (unpaired) electrons. The van der Waals surface area contributed by atoms with Crippen molar-refractivity contribution in [3.05, 3.63) is 71.8 Å². The van der Waals surface area contributed by atoms with E-state index in [4.69, 9.17) is 9.88 Å². The number of para-hydroxylation sites is 1. The lowest BCUT2D eigenvalue weighted by Crippen LogP contribution is -2.20. The Morgan fingerprint density at radius 2 is 1.78 bits per heavy atom. The normalized spacial score (nSPS) is 14.0. The molecule has 0 bridgehead atoms. The summed E-state index contributed by atoms with van der Waals surface area (Å²) in [6, 6.07) is 16.2. The van der Waals surface area contributed by atoms with Gasteiger partial charge in [0.15, 0.2) is 0 Å². The quantitative estimate of drug-likeness (QED) is 0.353. The maximum Gasteiger partial charge on any atom is 0.573 e. The number of halogens is 3. The van der Waals surface area contributed by atoms with Crippen molar-refractivity contribution in [1.29, 1.82) is 0 Å². The minimum atomic E-state index is -4.81. The van der Waals surface area contributed by atoms with Gasteiger partial charge in [0.2, 0.25) is 0 Å². The summed E-state index contributed by atoms with van der Waals surface area (Å²) >= 11 is 1.02. The summed E-state index contributed by atoms with van der Waals surface area (Å²) < 4.78 is 48.7. The second-order valence-electron chi connectivity index (χ2n) is 8.34. The van der Waals surface area contributed by atoms with Crippen molar-refractivity contribution in [2.75, 3.05) is 25.5 Å². The van der Waals surface area contributed by atoms with E-state index in [1.807, 2.05) is 0 Å². The summed E-state index contributed by atoms with van der Waals surface area (Å²) in [5, 5.41) is 8.51. The molecule has 3 N–H and O–H groups in total. The van der Waals surface area contributed by atoms with Crippen LogP contribution in [0.2, 0.25) is 0 Å². The molecule has 1 aliphatic rings. The van der Waals surface area contributed by atoms with E-state index in [-0.39, 0.29) is 11.7 Å². The van der Waals surface area contributed by atoms with Gasteiger partial charge in [0.1, 0.15) is 11.5 Å². The monoisotopic (exact) mass is 517 g/mol. The van der Waals surface area contributed by atoms with E-state index < -0.39 is 6.36 Å². The molecule has 3 aromatic carbocycles. The molecular formula is C26H26F3N3O3S. The highest BCUT2D eigenvalue weighted by Crippen LogP contribution is 2.37. The van der Waals surface area contributed by atoms with E-state index in [1.165, 1.54) is 19.2 Å². The average Bonchev–Trinajstić information content (AvgIpc) is 3.36. The Bertz CT molecular complexity index is 1230. The van der Waals surface area contributed by atoms with Crippen LogP contribution in [0.15, 0.2) is 65.6 Å². The second-order valence-corrected chi connectivity index (χ2v) is 9.01. The van der Waals surface area contributed by atoms with Crippen molar-refractivity contribution in [2.45, 2.75) is 30.6 Å². The average molecular weight is 518 g/mol. The number of carbonyl (C=O) groups excluding carboxylic acids is 1. The molecule has 4 rings (SSSR count). The Morgan fingerprint density at radius 1 is 1.03 bits per heavy atom. The maximum absolute atomic E-state index is 13.0. The number of nitrogens with one attached hydrogen (secondary N) is 1. The van der Waals surface area contributed by atoms with Crippen molar-refractivity contribution in [3.63, 3.8) is 0 Å². The summed E-state index contributed by atoms with van der Waals surface area (Å²) in [5.74, 6) is -0.126. The Hall–Kier alpha value is -3.21. The van der Waals surface area contributed by atoms with E-state index in [9.17, 15) is 18.0 Å². The van der Waals surface area contributed by atoms with Gasteiger partial charge in [-0.15, -0.1) is 13.2 Å². The van der Waals surface area contributed by atoms with Crippen molar-refractivity contribution in [3.8, 4) is 22.6 Å². The van der Waals surface area contributed by atoms with Crippen LogP contribution >= 0.6 is 11.9 Å². The Labute approximate surface area is 211 Å². The van der Waals surface area contributed by atoms with Crippen LogP contribution in [-0.2, 0) is 6.54 Å². The number of rotatable bonds is 8. The lowest BCUT2D eigenvalue weighted by atomic mass is 9.97. The fraction of sp³-hybridized carbons (Fsp3) is 0.269. The predicted molar refractivity (Wildman–Crippen MR) is 134 cm³/mol. The van der Waals surface area contributed by atoms with Crippen LogP contribution in [0.3, 0.4) is 0 Å². The number of nitrogens with two attached hydrogens (primary N) is 1. The molecule has 1 saturated heterocycles. The Kier molecular flexibility index (Phi) is 8.07. The minimum Gasteiger partial charge on any atom is -0.496 e. The van der Waals surface area contributed by atoms with E-state index in [0.29, 0.717) is 39.6 Å². The molecule has 0 aromatic heterocycles. The van der Waals surface area contributed by atoms with E-state index >= 15 is 0 Å². The number of anilines is 1. The molecule has 36 heavy (non-hydrogen) atoms. The van der Waals surface area contributed by atoms with E-state index in [0.717, 1.165) is 43.4 Å². The van der Waals surface area contributed by atoms with Crippen molar-refractivity contribution in [1.82, 2.24) is 4.90 Å². The summed E-state index contributed by atoms with van der Waals surface area (Å²) in [5.41, 5.74) is 2.66. The first-order valence-electron chi connectivity index (χ1n) is 11.3. The molecule has 0 atom stereocenters. The highest BCUT2D eigenvalue weighted by Gasteiger charge is 2.32. The maximum atomic E-state index is 13.0. The number of carbonyl (C=O) groups is 1. The molecule has 6 nitrogen and oxygen atoms in total. The minimum absolute atomic E-state index is 0.269. The molecule has 1 aliphatic heterocycles. The number of benzene rings is 3. The van der Waals surface area contributed by atoms with Crippen LogP contribution in [0.5, 0.6) is 11.5 Å². The number of hydrogen-bond donors (Lipinski definition) is 2. The molecule has 190 valence electrons. The highest BCUT2D eigenvalue weighted by molar-refractivity contribution is 7.97. The molecule has 10 heteroatoms. The molecule has 0 spiro atoms. The van der Waals surface area contributed by atoms with Gasteiger partial charge in [0, 0.05) is 23.4 Å². The predicted octanol–water partition coefficient (Wildman–Crippen LogP) is 6.07. The summed E-state index contributed by atoms with van der Waals surface area (Å²) in [6.07, 6.45) is -2.67. The molecule has 0 saturated carbocycles. The van der Waals surface area contributed by atoms with Crippen molar-refractivity contribution >= 4 is 23.5 Å². The lowest BCUT2D eigenvalue weighted by molar-refractivity contribution is -0.274. The third-order valence-electron chi connectivity index (χ3n) is 5.91. The first kappa shape index (κ1) is 25.9. The number of ether oxygens (including phenoxy) is 2. The number of nitrogens with zero attached hydrogens (tertiary/aromatic N) is 1. The summed E-state index contributed by atoms with van der Waals surface area (Å²) in [6.45, 7) is 2.35. The number of alkyl halides is 3. The van der Waals surface area contributed by atoms with Crippen LogP contribution in [0.25, 0.3) is 11.1 Å². The molecule has 3 aromatic rings. The van der Waals surface area contributed by atoms with Crippen LogP contribution in [-0.4, -0.2) is 37.4 Å². The van der Waals surface area contributed by atoms with Gasteiger partial charge in [-0.3, -0.25) is 14.8 Å². The first-order chi connectivity index (χ1) is 17.3. The van der Waals surface area contributed by atoms with Crippen LogP contribution in [0.4, 0.5) is 18.9 Å². The molecule has 1 heterocycles. The van der Waals surface area contributed by atoms with Crippen LogP contribution < -0.4 is 19.9 Å². The first-order valence-corrected chi connectivity index (χ1v) is 12.2. The van der Waals surface area contributed by atoms with Gasteiger partial charge in [-0.2, -0.15) is 0 Å².